The Kier molecular flexibility index (Phi) is 1.34. The van der Waals surface area contributed by atoms with Gasteiger partial charge in [0.25, 0.3) is 0 Å². The van der Waals surface area contributed by atoms with Gasteiger partial charge >= 0.3 is 0 Å². The van der Waals surface area contributed by atoms with Crippen molar-refractivity contribution in [3.8, 4) is 0 Å². The van der Waals surface area contributed by atoms with E-state index in [1.807, 2.05) is 6.92 Å². The van der Waals surface area contributed by atoms with Crippen LogP contribution in [0.5, 0.6) is 0 Å². The molecular weight excluding hydrogens is 100 g/mol. The molecule has 0 spiro atoms. The third kappa shape index (κ3) is 0.864. The van der Waals surface area contributed by atoms with Crippen LogP contribution in [-0.2, 0) is 8.37 Å². The van der Waals surface area contributed by atoms with E-state index in [1.54, 1.807) is 0 Å². The molecule has 0 N–H and O–H groups in total. The van der Waals surface area contributed by atoms with Gasteiger partial charge in [0, 0.05) is 0 Å². The zero-order valence-electron chi connectivity index (χ0n) is 3.51. The van der Waals surface area contributed by atoms with Gasteiger partial charge in [-0.25, -0.2) is 0 Å². The minimum Gasteiger partial charge on any atom is -0.289 e. The Bertz CT molecular complexity index is 42.1. The normalized spacial score (nSPS) is 34.5. The fourth-order valence-electron chi connectivity index (χ4n) is 0.246. The van der Waals surface area contributed by atoms with Crippen molar-refractivity contribution in [2.75, 3.05) is 6.61 Å². The summed E-state index contributed by atoms with van der Waals surface area (Å²) in [7, 11) is 0. The summed E-state index contributed by atoms with van der Waals surface area (Å²) in [6, 6.07) is 0. The standard InChI is InChI=1S/C3H6O2S/c1-3-2-4-6-5-3/h3H,2H2,1H3. The van der Waals surface area contributed by atoms with Crippen LogP contribution in [0.3, 0.4) is 0 Å². The first kappa shape index (κ1) is 4.43. The van der Waals surface area contributed by atoms with Crippen LogP contribution >= 0.6 is 12.3 Å². The maximum Gasteiger partial charge on any atom is 0.159 e. The lowest BCUT2D eigenvalue weighted by Crippen LogP contribution is -1.99. The molecule has 0 amide bonds. The van der Waals surface area contributed by atoms with Crippen LogP contribution in [0.2, 0.25) is 0 Å². The van der Waals surface area contributed by atoms with Gasteiger partial charge in [-0.15, -0.1) is 0 Å². The van der Waals surface area contributed by atoms with E-state index in [-0.39, 0.29) is 6.10 Å². The fourth-order valence-corrected chi connectivity index (χ4v) is 0.739. The third-order valence-corrected chi connectivity index (χ3v) is 1.19. The highest BCUT2D eigenvalue weighted by Crippen LogP contribution is 2.17. The quantitative estimate of drug-likeness (QED) is 0.429. The largest absolute Gasteiger partial charge is 0.289 e. The summed E-state index contributed by atoms with van der Waals surface area (Å²) in [5, 5.41) is 0. The van der Waals surface area contributed by atoms with Crippen molar-refractivity contribution in [3.63, 3.8) is 0 Å². The van der Waals surface area contributed by atoms with Crippen LogP contribution in [0.25, 0.3) is 0 Å². The van der Waals surface area contributed by atoms with Gasteiger partial charge < -0.3 is 0 Å². The Morgan fingerprint density at radius 3 is 2.83 bits per heavy atom. The van der Waals surface area contributed by atoms with Gasteiger partial charge in [-0.2, -0.15) is 0 Å². The molecule has 1 atom stereocenters. The zero-order chi connectivity index (χ0) is 4.41. The van der Waals surface area contributed by atoms with E-state index in [9.17, 15) is 0 Å². The van der Waals surface area contributed by atoms with Gasteiger partial charge in [0.05, 0.1) is 12.7 Å². The van der Waals surface area contributed by atoms with E-state index in [1.165, 1.54) is 0 Å². The van der Waals surface area contributed by atoms with Crippen LogP contribution < -0.4 is 0 Å². The Hall–Kier alpha value is 0.270. The summed E-state index contributed by atoms with van der Waals surface area (Å²) in [5.74, 6) is 0. The smallest absolute Gasteiger partial charge is 0.159 e. The van der Waals surface area contributed by atoms with Crippen molar-refractivity contribution >= 4 is 12.3 Å². The molecule has 0 aromatic rings. The average Bonchev–Trinajstić information content (AvgIpc) is 1.86. The van der Waals surface area contributed by atoms with Gasteiger partial charge in [0.2, 0.25) is 0 Å². The van der Waals surface area contributed by atoms with Crippen molar-refractivity contribution in [1.82, 2.24) is 0 Å². The van der Waals surface area contributed by atoms with Gasteiger partial charge in [0.15, 0.2) is 12.3 Å². The van der Waals surface area contributed by atoms with Gasteiger partial charge in [-0.3, -0.25) is 8.37 Å². The summed E-state index contributed by atoms with van der Waals surface area (Å²) >= 11 is 1.08. The highest BCUT2D eigenvalue weighted by atomic mass is 32.2. The monoisotopic (exact) mass is 106 g/mol. The van der Waals surface area contributed by atoms with Crippen LogP contribution in [-0.4, -0.2) is 12.7 Å². The lowest BCUT2D eigenvalue weighted by molar-refractivity contribution is 0.264. The predicted octanol–water partition coefficient (Wildman–Crippen LogP) is 0.985. The topological polar surface area (TPSA) is 18.5 Å². The van der Waals surface area contributed by atoms with Crippen molar-refractivity contribution in [3.05, 3.63) is 0 Å². The first-order chi connectivity index (χ1) is 2.89. The molecule has 1 heterocycles. The molecule has 1 rings (SSSR count). The van der Waals surface area contributed by atoms with Gasteiger partial charge in [-0.1, -0.05) is 0 Å². The first-order valence-corrected chi connectivity index (χ1v) is 2.51. The molecule has 2 nitrogen and oxygen atoms in total. The van der Waals surface area contributed by atoms with Crippen LogP contribution in [0.1, 0.15) is 6.92 Å². The molecule has 0 saturated carbocycles. The second kappa shape index (κ2) is 1.82. The van der Waals surface area contributed by atoms with E-state index in [4.69, 9.17) is 8.37 Å². The zero-order valence-corrected chi connectivity index (χ0v) is 4.33. The Morgan fingerprint density at radius 2 is 2.67 bits per heavy atom. The predicted molar refractivity (Wildman–Crippen MR) is 24.1 cm³/mol. The molecule has 0 aromatic heterocycles. The van der Waals surface area contributed by atoms with Crippen molar-refractivity contribution < 1.29 is 8.37 Å². The molecule has 1 saturated heterocycles. The Morgan fingerprint density at radius 1 is 1.83 bits per heavy atom. The van der Waals surface area contributed by atoms with Gasteiger partial charge in [0.1, 0.15) is 0 Å². The molecule has 0 aliphatic carbocycles. The lowest BCUT2D eigenvalue weighted by atomic mass is 10.5. The molecule has 1 fully saturated rings. The molecule has 1 unspecified atom stereocenters. The van der Waals surface area contributed by atoms with Crippen LogP contribution in [0, 0.1) is 0 Å². The maximum absolute atomic E-state index is 4.85. The van der Waals surface area contributed by atoms with Crippen molar-refractivity contribution in [1.29, 1.82) is 0 Å². The molecule has 36 valence electrons. The highest BCUT2D eigenvalue weighted by molar-refractivity contribution is 7.90. The average molecular weight is 106 g/mol. The number of rotatable bonds is 0. The fraction of sp³-hybridized carbons (Fsp3) is 1.00. The van der Waals surface area contributed by atoms with E-state index in [0.29, 0.717) is 0 Å². The number of hydrogen-bond donors (Lipinski definition) is 0. The molecule has 3 heteroatoms. The molecule has 0 aromatic carbocycles. The molecule has 1 aliphatic rings. The molecular formula is C3H6O2S. The van der Waals surface area contributed by atoms with E-state index in [2.05, 4.69) is 0 Å². The summed E-state index contributed by atoms with van der Waals surface area (Å²) in [4.78, 5) is 0. The van der Waals surface area contributed by atoms with Crippen LogP contribution in [0.4, 0.5) is 0 Å². The van der Waals surface area contributed by atoms with Gasteiger partial charge in [-0.05, 0) is 6.92 Å². The first-order valence-electron chi connectivity index (χ1n) is 1.84. The van der Waals surface area contributed by atoms with E-state index < -0.39 is 0 Å². The summed E-state index contributed by atoms with van der Waals surface area (Å²) in [5.41, 5.74) is 0. The minimum atomic E-state index is 0.287. The van der Waals surface area contributed by atoms with Crippen LogP contribution in [0.15, 0.2) is 0 Å². The summed E-state index contributed by atoms with van der Waals surface area (Å²) in [6.07, 6.45) is 0.287. The maximum atomic E-state index is 4.85. The van der Waals surface area contributed by atoms with Crippen molar-refractivity contribution in [2.45, 2.75) is 13.0 Å². The molecule has 1 aliphatic heterocycles. The molecule has 0 bridgehead atoms. The molecule has 0 radical (unpaired) electrons. The summed E-state index contributed by atoms with van der Waals surface area (Å²) < 4.78 is 9.60. The Balaban J connectivity index is 2.18. The SMILES string of the molecule is CC1COSO1. The second-order valence-electron chi connectivity index (χ2n) is 1.26. The summed E-state index contributed by atoms with van der Waals surface area (Å²) in [6.45, 7) is 2.70. The highest BCUT2D eigenvalue weighted by Gasteiger charge is 2.10. The van der Waals surface area contributed by atoms with Crippen molar-refractivity contribution in [2.24, 2.45) is 0 Å². The third-order valence-electron chi connectivity index (χ3n) is 0.554. The number of hydrogen-bond acceptors (Lipinski definition) is 3. The van der Waals surface area contributed by atoms with E-state index >= 15 is 0 Å². The second-order valence-corrected chi connectivity index (χ2v) is 1.82. The lowest BCUT2D eigenvalue weighted by Gasteiger charge is -1.87. The molecule has 6 heavy (non-hydrogen) atoms. The Labute approximate surface area is 41.2 Å². The van der Waals surface area contributed by atoms with E-state index in [0.717, 1.165) is 18.9 Å². The minimum absolute atomic E-state index is 0.287.